The lowest BCUT2D eigenvalue weighted by molar-refractivity contribution is -0.411. The predicted octanol–water partition coefficient (Wildman–Crippen LogP) is 1.14. The monoisotopic (exact) mass is 416 g/mol. The first-order valence-corrected chi connectivity index (χ1v) is 11.3. The van der Waals surface area contributed by atoms with E-state index in [9.17, 15) is 29.7 Å². The number of ketones is 3. The molecule has 7 saturated carbocycles. The van der Waals surface area contributed by atoms with Crippen LogP contribution in [0.4, 0.5) is 0 Å². The fourth-order valence-corrected chi connectivity index (χ4v) is 12.6. The number of rotatable bonds is 2. The van der Waals surface area contributed by atoms with Gasteiger partial charge in [0.2, 0.25) is 0 Å². The van der Waals surface area contributed by atoms with E-state index in [0.717, 1.165) is 0 Å². The van der Waals surface area contributed by atoms with Crippen LogP contribution in [0.25, 0.3) is 0 Å². The highest BCUT2D eigenvalue weighted by Gasteiger charge is 3.11. The minimum atomic E-state index is -1.19. The van der Waals surface area contributed by atoms with Crippen molar-refractivity contribution in [1.82, 2.24) is 0 Å². The van der Waals surface area contributed by atoms with Gasteiger partial charge in [0, 0.05) is 38.9 Å². The Morgan fingerprint density at radius 1 is 0.900 bits per heavy atom. The summed E-state index contributed by atoms with van der Waals surface area (Å²) < 4.78 is 0. The summed E-state index contributed by atoms with van der Waals surface area (Å²) in [5.74, 6) is -2.76. The molecule has 0 aromatic rings. The van der Waals surface area contributed by atoms with E-state index >= 15 is 0 Å². The lowest BCUT2D eigenvalue weighted by atomic mass is 9.17. The third-order valence-corrected chi connectivity index (χ3v) is 12.2. The van der Waals surface area contributed by atoms with Crippen LogP contribution in [-0.2, 0) is 14.4 Å². The van der Waals surface area contributed by atoms with E-state index in [0.29, 0.717) is 12.8 Å². The Morgan fingerprint density at radius 2 is 1.47 bits per heavy atom. The highest BCUT2D eigenvalue weighted by Crippen LogP contribution is 3.06. The van der Waals surface area contributed by atoms with Crippen LogP contribution < -0.4 is 0 Å². The lowest BCUT2D eigenvalue weighted by Crippen LogP contribution is -2.88. The second-order valence-corrected chi connectivity index (χ2v) is 12.3. The van der Waals surface area contributed by atoms with Crippen LogP contribution in [0.5, 0.6) is 0 Å². The van der Waals surface area contributed by atoms with E-state index in [4.69, 9.17) is 0 Å². The van der Waals surface area contributed by atoms with Gasteiger partial charge in [-0.1, -0.05) is 27.7 Å². The molecule has 0 radical (unpaired) electrons. The quantitative estimate of drug-likeness (QED) is 0.622. The second kappa shape index (κ2) is 4.51. The Bertz CT molecular complexity index is 971. The van der Waals surface area contributed by atoms with E-state index in [1.807, 2.05) is 27.7 Å². The molecular formula is C24H32O6. The standard InChI is InChI=1S/C24H32O6/c1-9(25)13-15-12-16(28)21(6)22(17(12)29)11(27)7-8-20(5)18(30)14(10(2)26)23(21,19(15,3)4)24(13,20)22/h11-15,17-18,27,29-30H,7-8H2,1-6H3/t11-,12-,13+,14-,15-,17-,18-,20-,21+,22-,23+,24+/m0/s1. The van der Waals surface area contributed by atoms with Gasteiger partial charge in [0.15, 0.2) is 0 Å². The van der Waals surface area contributed by atoms with Crippen molar-refractivity contribution >= 4 is 17.3 Å². The summed E-state index contributed by atoms with van der Waals surface area (Å²) in [6.45, 7) is 10.9. The normalized spacial score (nSPS) is 65.5. The number of carbonyl (C=O) groups excluding carboxylic acids is 3. The van der Waals surface area contributed by atoms with Gasteiger partial charge >= 0.3 is 0 Å². The van der Waals surface area contributed by atoms with Gasteiger partial charge in [0.25, 0.3) is 0 Å². The Hall–Kier alpha value is -1.11. The van der Waals surface area contributed by atoms with Crippen molar-refractivity contribution in [2.45, 2.75) is 72.7 Å². The third kappa shape index (κ3) is 1.08. The van der Waals surface area contributed by atoms with Crippen molar-refractivity contribution < 1.29 is 29.7 Å². The van der Waals surface area contributed by atoms with Crippen LogP contribution in [0.3, 0.4) is 0 Å². The van der Waals surface area contributed by atoms with Crippen molar-refractivity contribution in [1.29, 1.82) is 0 Å². The smallest absolute Gasteiger partial charge is 0.146 e. The number of hydrogen-bond donors (Lipinski definition) is 3. The summed E-state index contributed by atoms with van der Waals surface area (Å²) in [5.41, 5.74) is -5.73. The molecule has 0 aliphatic heterocycles. The average molecular weight is 417 g/mol. The van der Waals surface area contributed by atoms with Gasteiger partial charge in [0.1, 0.15) is 17.3 Å². The van der Waals surface area contributed by atoms with E-state index in [2.05, 4.69) is 0 Å². The van der Waals surface area contributed by atoms with Gasteiger partial charge in [-0.05, 0) is 38.0 Å². The van der Waals surface area contributed by atoms with Gasteiger partial charge in [-0.2, -0.15) is 0 Å². The predicted molar refractivity (Wildman–Crippen MR) is 105 cm³/mol. The molecule has 0 saturated heterocycles. The van der Waals surface area contributed by atoms with E-state index in [1.54, 1.807) is 6.92 Å². The van der Waals surface area contributed by atoms with Crippen molar-refractivity contribution in [2.75, 3.05) is 0 Å². The van der Waals surface area contributed by atoms with Crippen LogP contribution in [0.15, 0.2) is 0 Å². The number of Topliss-reactive ketones (excluding diaryl/α,β-unsaturated/α-hetero) is 3. The Balaban J connectivity index is 1.88. The Kier molecular flexibility index (Phi) is 2.94. The minimum absolute atomic E-state index is 0.0512. The van der Waals surface area contributed by atoms with Crippen molar-refractivity contribution in [3.05, 3.63) is 0 Å². The highest BCUT2D eigenvalue weighted by molar-refractivity contribution is 6.03. The highest BCUT2D eigenvalue weighted by atomic mass is 16.3. The van der Waals surface area contributed by atoms with E-state index in [1.165, 1.54) is 6.92 Å². The SMILES string of the molecule is CC(=O)[C@@H]1[C@@H]2[C@H]3C(=O)[C@]4(C)[C@]5([C@@H](O)CC[C@@]6(C)[C@@H](O)[C@H](C(C)=O)[C@]4(C2(C)C)[C@@]156)[C@H]3O. The topological polar surface area (TPSA) is 112 Å². The van der Waals surface area contributed by atoms with Crippen LogP contribution in [-0.4, -0.2) is 51.0 Å². The fourth-order valence-electron chi connectivity index (χ4n) is 12.6. The van der Waals surface area contributed by atoms with E-state index in [-0.39, 0.29) is 23.3 Å². The van der Waals surface area contributed by atoms with Crippen molar-refractivity contribution in [2.24, 2.45) is 56.2 Å². The molecule has 0 unspecified atom stereocenters. The zero-order valence-electron chi connectivity index (χ0n) is 18.5. The molecule has 6 heteroatoms. The zero-order valence-corrected chi connectivity index (χ0v) is 18.5. The van der Waals surface area contributed by atoms with Gasteiger partial charge in [-0.15, -0.1) is 0 Å². The molecule has 7 fully saturated rings. The Labute approximate surface area is 176 Å². The largest absolute Gasteiger partial charge is 0.392 e. The van der Waals surface area contributed by atoms with Crippen LogP contribution in [0.1, 0.15) is 54.4 Å². The Morgan fingerprint density at radius 3 is 2.00 bits per heavy atom. The van der Waals surface area contributed by atoms with Crippen LogP contribution >= 0.6 is 0 Å². The maximum Gasteiger partial charge on any atom is 0.146 e. The summed E-state index contributed by atoms with van der Waals surface area (Å²) >= 11 is 0. The first kappa shape index (κ1) is 19.6. The maximum atomic E-state index is 14.0. The summed E-state index contributed by atoms with van der Waals surface area (Å²) in [4.78, 5) is 40.6. The average Bonchev–Trinajstić information content (AvgIpc) is 2.88. The first-order chi connectivity index (χ1) is 13.7. The molecule has 0 amide bonds. The molecule has 7 aliphatic carbocycles. The number of hydrogen-bond acceptors (Lipinski definition) is 6. The number of aliphatic hydroxyl groups is 3. The molecule has 6 nitrogen and oxygen atoms in total. The van der Waals surface area contributed by atoms with Gasteiger partial charge in [0.05, 0.1) is 24.2 Å². The molecule has 0 aromatic heterocycles. The molecular weight excluding hydrogens is 384 g/mol. The second-order valence-electron chi connectivity index (χ2n) is 12.3. The lowest BCUT2D eigenvalue weighted by Gasteiger charge is -2.84. The maximum absolute atomic E-state index is 14.0. The van der Waals surface area contributed by atoms with Crippen molar-refractivity contribution in [3.63, 3.8) is 0 Å². The molecule has 3 spiro atoms. The summed E-state index contributed by atoms with van der Waals surface area (Å²) in [6, 6.07) is 0. The van der Waals surface area contributed by atoms with Gasteiger partial charge in [-0.3, -0.25) is 14.4 Å². The molecule has 7 aliphatic rings. The zero-order chi connectivity index (χ0) is 22.2. The summed E-state index contributed by atoms with van der Waals surface area (Å²) in [7, 11) is 0. The van der Waals surface area contributed by atoms with Crippen LogP contribution in [0, 0.1) is 56.2 Å². The summed E-state index contributed by atoms with van der Waals surface area (Å²) in [6.07, 6.45) is -2.20. The number of carbonyl (C=O) groups is 3. The molecule has 164 valence electrons. The fraction of sp³-hybridized carbons (Fsp3) is 0.875. The van der Waals surface area contributed by atoms with E-state index < -0.39 is 68.6 Å². The molecule has 30 heavy (non-hydrogen) atoms. The van der Waals surface area contributed by atoms with Crippen LogP contribution in [0.2, 0.25) is 0 Å². The summed E-state index contributed by atoms with van der Waals surface area (Å²) in [5, 5.41) is 35.0. The molecule has 6 bridgehead atoms. The van der Waals surface area contributed by atoms with Gasteiger partial charge < -0.3 is 15.3 Å². The third-order valence-electron chi connectivity index (χ3n) is 12.2. The number of aliphatic hydroxyl groups excluding tert-OH is 3. The van der Waals surface area contributed by atoms with Gasteiger partial charge in [-0.25, -0.2) is 0 Å². The minimum Gasteiger partial charge on any atom is -0.392 e. The first-order valence-electron chi connectivity index (χ1n) is 11.3. The van der Waals surface area contributed by atoms with Crippen molar-refractivity contribution in [3.8, 4) is 0 Å². The molecule has 0 heterocycles. The molecule has 12 atom stereocenters. The molecule has 7 rings (SSSR count). The molecule has 0 aromatic carbocycles. The molecule has 3 N–H and O–H groups in total.